The Balaban J connectivity index is 1.55. The van der Waals surface area contributed by atoms with Crippen LogP contribution in [0.4, 0.5) is 28.8 Å². The van der Waals surface area contributed by atoms with E-state index in [4.69, 9.17) is 0 Å². The molecule has 6 nitrogen and oxygen atoms in total. The van der Waals surface area contributed by atoms with Gasteiger partial charge in [0.15, 0.2) is 16.7 Å². The molecule has 10 heteroatoms. The fourth-order valence-electron chi connectivity index (χ4n) is 2.45. The van der Waals surface area contributed by atoms with Crippen molar-refractivity contribution in [1.82, 2.24) is 9.88 Å². The molecule has 1 aromatic heterocycles. The third kappa shape index (κ3) is 4.32. The molecule has 0 radical (unpaired) electrons. The Morgan fingerprint density at radius 1 is 1.28 bits per heavy atom. The van der Waals surface area contributed by atoms with Gasteiger partial charge in [-0.1, -0.05) is 0 Å². The van der Waals surface area contributed by atoms with Crippen molar-refractivity contribution in [3.8, 4) is 5.75 Å². The lowest BCUT2D eigenvalue weighted by Gasteiger charge is -2.34. The summed E-state index contributed by atoms with van der Waals surface area (Å²) in [6.45, 7) is -0.808. The van der Waals surface area contributed by atoms with E-state index in [1.165, 1.54) is 17.4 Å². The summed E-state index contributed by atoms with van der Waals surface area (Å²) in [7, 11) is 0. The summed E-state index contributed by atoms with van der Waals surface area (Å²) in [6, 6.07) is 2.93. The first-order chi connectivity index (χ1) is 12.0. The Hall–Kier alpha value is -2.49. The lowest BCUT2D eigenvalue weighted by Crippen LogP contribution is -2.50. The zero-order valence-corrected chi connectivity index (χ0v) is 13.8. The van der Waals surface area contributed by atoms with Crippen LogP contribution in [0, 0.1) is 5.82 Å². The Morgan fingerprint density at radius 3 is 2.64 bits per heavy atom. The van der Waals surface area contributed by atoms with Crippen molar-refractivity contribution in [2.24, 2.45) is 0 Å². The summed E-state index contributed by atoms with van der Waals surface area (Å²) >= 11 is 1.54. The second-order valence-corrected chi connectivity index (χ2v) is 6.12. The topological polar surface area (TPSA) is 57.7 Å². The normalized spacial score (nSPS) is 14.7. The number of halogens is 3. The van der Waals surface area contributed by atoms with E-state index in [0.717, 1.165) is 17.3 Å². The van der Waals surface area contributed by atoms with Gasteiger partial charge in [-0.05, 0) is 12.1 Å². The highest BCUT2D eigenvalue weighted by molar-refractivity contribution is 7.13. The Morgan fingerprint density at radius 2 is 2.04 bits per heavy atom. The van der Waals surface area contributed by atoms with Crippen LogP contribution in [0.25, 0.3) is 0 Å². The number of aromatic nitrogens is 1. The number of thiazole rings is 1. The molecule has 0 unspecified atom stereocenters. The van der Waals surface area contributed by atoms with Gasteiger partial charge < -0.3 is 19.9 Å². The summed E-state index contributed by atoms with van der Waals surface area (Å²) < 4.78 is 41.9. The molecule has 25 heavy (non-hydrogen) atoms. The number of hydrogen-bond donors (Lipinski definition) is 1. The average molecular weight is 372 g/mol. The van der Waals surface area contributed by atoms with Crippen molar-refractivity contribution in [3.63, 3.8) is 0 Å². The van der Waals surface area contributed by atoms with Gasteiger partial charge >= 0.3 is 12.6 Å². The molecule has 0 aliphatic carbocycles. The molecule has 1 aliphatic rings. The third-order valence-electron chi connectivity index (χ3n) is 3.66. The number of piperazine rings is 1. The molecule has 0 bridgehead atoms. The van der Waals surface area contributed by atoms with Gasteiger partial charge in [-0.2, -0.15) is 8.78 Å². The van der Waals surface area contributed by atoms with E-state index in [-0.39, 0.29) is 11.7 Å². The Labute approximate surface area is 145 Å². The molecule has 1 N–H and O–H groups in total. The maximum Gasteiger partial charge on any atom is 0.387 e. The van der Waals surface area contributed by atoms with E-state index in [1.807, 2.05) is 5.38 Å². The maximum atomic E-state index is 13.7. The van der Waals surface area contributed by atoms with E-state index in [9.17, 15) is 18.0 Å². The van der Waals surface area contributed by atoms with Gasteiger partial charge in [0.25, 0.3) is 0 Å². The molecule has 1 saturated heterocycles. The number of nitrogens with zero attached hydrogens (tertiary/aromatic N) is 3. The van der Waals surface area contributed by atoms with Crippen molar-refractivity contribution in [3.05, 3.63) is 35.6 Å². The fraction of sp³-hybridized carbons (Fsp3) is 0.333. The largest absolute Gasteiger partial charge is 0.432 e. The van der Waals surface area contributed by atoms with Crippen LogP contribution in [0.5, 0.6) is 5.75 Å². The number of urea groups is 1. The molecular weight excluding hydrogens is 357 g/mol. The second kappa shape index (κ2) is 7.60. The van der Waals surface area contributed by atoms with Crippen LogP contribution in [0.2, 0.25) is 0 Å². The van der Waals surface area contributed by atoms with Gasteiger partial charge in [0.1, 0.15) is 0 Å². The van der Waals surface area contributed by atoms with E-state index in [1.54, 1.807) is 11.1 Å². The van der Waals surface area contributed by atoms with E-state index in [2.05, 4.69) is 19.9 Å². The zero-order valence-electron chi connectivity index (χ0n) is 13.0. The monoisotopic (exact) mass is 372 g/mol. The highest BCUT2D eigenvalue weighted by Crippen LogP contribution is 2.23. The Bertz CT molecular complexity index is 722. The second-order valence-electron chi connectivity index (χ2n) is 5.24. The average Bonchev–Trinajstić information content (AvgIpc) is 3.12. The summed E-state index contributed by atoms with van der Waals surface area (Å²) in [5.74, 6) is -1.53. The molecule has 1 fully saturated rings. The smallest absolute Gasteiger partial charge is 0.387 e. The summed E-state index contributed by atoms with van der Waals surface area (Å²) in [5, 5.41) is 5.36. The molecule has 1 aliphatic heterocycles. The molecule has 134 valence electrons. The minimum absolute atomic E-state index is 0.173. The Kier molecular flexibility index (Phi) is 5.27. The van der Waals surface area contributed by atoms with Crippen molar-refractivity contribution < 1.29 is 22.7 Å². The number of carbonyl (C=O) groups is 1. The van der Waals surface area contributed by atoms with Crippen molar-refractivity contribution in [1.29, 1.82) is 0 Å². The van der Waals surface area contributed by atoms with Crippen LogP contribution >= 0.6 is 11.3 Å². The molecule has 2 aromatic rings. The van der Waals surface area contributed by atoms with Crippen LogP contribution in [-0.4, -0.2) is 48.7 Å². The zero-order chi connectivity index (χ0) is 17.8. The maximum absolute atomic E-state index is 13.7. The van der Waals surface area contributed by atoms with Crippen molar-refractivity contribution in [2.45, 2.75) is 6.61 Å². The van der Waals surface area contributed by atoms with Gasteiger partial charge in [-0.25, -0.2) is 14.2 Å². The minimum atomic E-state index is -3.11. The summed E-state index contributed by atoms with van der Waals surface area (Å²) in [5.41, 5.74) is 0.173. The van der Waals surface area contributed by atoms with Crippen LogP contribution in [0.15, 0.2) is 29.8 Å². The summed E-state index contributed by atoms with van der Waals surface area (Å²) in [4.78, 5) is 20.2. The lowest BCUT2D eigenvalue weighted by atomic mass is 10.3. The number of rotatable bonds is 4. The van der Waals surface area contributed by atoms with Gasteiger partial charge in [0.05, 0.1) is 0 Å². The van der Waals surface area contributed by atoms with Crippen LogP contribution in [0.3, 0.4) is 0 Å². The number of alkyl halides is 2. The molecule has 3 rings (SSSR count). The highest BCUT2D eigenvalue weighted by atomic mass is 32.1. The number of benzene rings is 1. The minimum Gasteiger partial charge on any atom is -0.432 e. The van der Waals surface area contributed by atoms with Gasteiger partial charge in [-0.3, -0.25) is 0 Å². The molecule has 0 spiro atoms. The number of carbonyl (C=O) groups excluding carboxylic acids is 1. The summed E-state index contributed by atoms with van der Waals surface area (Å²) in [6.07, 6.45) is 1.73. The first-order valence-electron chi connectivity index (χ1n) is 7.47. The molecule has 1 aromatic carbocycles. The van der Waals surface area contributed by atoms with E-state index < -0.39 is 18.2 Å². The molecule has 0 atom stereocenters. The quantitative estimate of drug-likeness (QED) is 0.895. The van der Waals surface area contributed by atoms with Crippen LogP contribution in [0.1, 0.15) is 0 Å². The molecule has 0 saturated carbocycles. The van der Waals surface area contributed by atoms with Gasteiger partial charge in [-0.15, -0.1) is 11.3 Å². The predicted octanol–water partition coefficient (Wildman–Crippen LogP) is 3.24. The van der Waals surface area contributed by atoms with Crippen molar-refractivity contribution >= 4 is 28.2 Å². The number of amides is 2. The van der Waals surface area contributed by atoms with E-state index >= 15 is 0 Å². The van der Waals surface area contributed by atoms with Crippen LogP contribution in [-0.2, 0) is 0 Å². The van der Waals surface area contributed by atoms with Gasteiger partial charge in [0.2, 0.25) is 0 Å². The van der Waals surface area contributed by atoms with E-state index in [0.29, 0.717) is 26.2 Å². The third-order valence-corrected chi connectivity index (χ3v) is 4.49. The molecular formula is C15H15F3N4O2S. The fourth-order valence-corrected chi connectivity index (χ4v) is 3.14. The number of nitrogens with one attached hydrogen (secondary N) is 1. The first kappa shape index (κ1) is 17.3. The first-order valence-corrected chi connectivity index (χ1v) is 8.35. The molecule has 2 heterocycles. The standard InChI is InChI=1S/C15H15F3N4O2S/c16-11-9-10(1-2-12(11)24-13(17)18)20-14(23)21-4-6-22(7-5-21)15-19-3-8-25-15/h1-3,8-9,13H,4-7H2,(H,20,23). The van der Waals surface area contributed by atoms with Gasteiger partial charge in [0, 0.05) is 49.5 Å². The number of hydrogen-bond acceptors (Lipinski definition) is 5. The number of ether oxygens (including phenoxy) is 1. The SMILES string of the molecule is O=C(Nc1ccc(OC(F)F)c(F)c1)N1CCN(c2nccs2)CC1. The molecule has 2 amide bonds. The lowest BCUT2D eigenvalue weighted by molar-refractivity contribution is -0.0521. The van der Waals surface area contributed by atoms with Crippen LogP contribution < -0.4 is 15.0 Å². The predicted molar refractivity (Wildman–Crippen MR) is 88.0 cm³/mol. The highest BCUT2D eigenvalue weighted by Gasteiger charge is 2.22. The van der Waals surface area contributed by atoms with Crippen molar-refractivity contribution in [2.75, 3.05) is 36.4 Å². The number of anilines is 2.